The van der Waals surface area contributed by atoms with Crippen molar-refractivity contribution in [1.82, 2.24) is 25.1 Å². The molecule has 2 aliphatic rings. The van der Waals surface area contributed by atoms with Crippen LogP contribution in [0.3, 0.4) is 0 Å². The van der Waals surface area contributed by atoms with Gasteiger partial charge in [-0.3, -0.25) is 19.4 Å². The molecule has 2 aromatic heterocycles. The van der Waals surface area contributed by atoms with E-state index < -0.39 is 5.82 Å². The van der Waals surface area contributed by atoms with Gasteiger partial charge in [-0.1, -0.05) is 18.2 Å². The molecule has 0 radical (unpaired) electrons. The van der Waals surface area contributed by atoms with Crippen molar-refractivity contribution in [2.45, 2.75) is 32.2 Å². The van der Waals surface area contributed by atoms with Crippen LogP contribution in [0.4, 0.5) is 10.2 Å². The fraction of sp³-hybridized carbons (Fsp3) is 0.395. The highest BCUT2D eigenvalue weighted by Crippen LogP contribution is 2.44. The maximum absolute atomic E-state index is 14.6. The molecule has 2 aliphatic heterocycles. The molecule has 4 heterocycles. The van der Waals surface area contributed by atoms with Crippen molar-refractivity contribution in [2.75, 3.05) is 65.5 Å². The molecule has 1 atom stereocenters. The highest BCUT2D eigenvalue weighted by molar-refractivity contribution is 5.95. The number of anilines is 1. The molecule has 0 spiro atoms. The van der Waals surface area contributed by atoms with Crippen LogP contribution in [0.15, 0.2) is 60.9 Å². The third-order valence-corrected chi connectivity index (χ3v) is 9.56. The fourth-order valence-electron chi connectivity index (χ4n) is 6.87. The lowest BCUT2D eigenvalue weighted by Gasteiger charge is -2.35. The Morgan fingerprint density at radius 1 is 0.941 bits per heavy atom. The Kier molecular flexibility index (Phi) is 11.1. The van der Waals surface area contributed by atoms with Crippen LogP contribution in [0.1, 0.15) is 40.7 Å². The lowest BCUT2D eigenvalue weighted by molar-refractivity contribution is -0.131. The number of halogens is 1. The van der Waals surface area contributed by atoms with E-state index >= 15 is 0 Å². The predicted octanol–water partition coefficient (Wildman–Crippen LogP) is 4.24. The van der Waals surface area contributed by atoms with Gasteiger partial charge >= 0.3 is 0 Å². The van der Waals surface area contributed by atoms with Gasteiger partial charge in [0.2, 0.25) is 17.6 Å². The van der Waals surface area contributed by atoms with Gasteiger partial charge in [-0.25, -0.2) is 9.37 Å². The summed E-state index contributed by atoms with van der Waals surface area (Å²) in [4.78, 5) is 55.7. The number of hydrogen-bond donors (Lipinski definition) is 1. The Balaban J connectivity index is 1.45. The average molecular weight is 699 g/mol. The molecule has 4 aromatic rings. The number of hydrogen-bond acceptors (Lipinski definition) is 9. The summed E-state index contributed by atoms with van der Waals surface area (Å²) < 4.78 is 31.7. The summed E-state index contributed by atoms with van der Waals surface area (Å²) in [5.41, 5.74) is 2.11. The van der Waals surface area contributed by atoms with Gasteiger partial charge in [-0.15, -0.1) is 0 Å². The van der Waals surface area contributed by atoms with Crippen molar-refractivity contribution >= 4 is 34.4 Å². The van der Waals surface area contributed by atoms with Crippen LogP contribution in [0.5, 0.6) is 17.2 Å². The standard InChI is InChI=1S/C38H43FN6O6/c1-49-32-21-31-29(35(50-2)36(32)51-3)19-28-24-45(38(48)26-10-13-40-14-11-26)18-17-43(34(47)20-27-8-4-5-9-30(27)39)16-12-33(46)41-22-25-7-6-15-44(23-25)37(28)42-31/h4-5,8-11,13-14,19,21,25H,6-7,12,15-18,20,22-24H2,1-3H3,(H,41,46). The maximum Gasteiger partial charge on any atom is 0.254 e. The van der Waals surface area contributed by atoms with Crippen LogP contribution in [0.25, 0.3) is 10.9 Å². The molecule has 12 nitrogen and oxygen atoms in total. The summed E-state index contributed by atoms with van der Waals surface area (Å²) in [5.74, 6) is 0.973. The minimum Gasteiger partial charge on any atom is -0.493 e. The first-order valence-electron chi connectivity index (χ1n) is 17.1. The third-order valence-electron chi connectivity index (χ3n) is 9.56. The molecule has 268 valence electrons. The molecule has 0 saturated carbocycles. The highest BCUT2D eigenvalue weighted by atomic mass is 19.1. The number of rotatable bonds is 6. The number of amides is 3. The van der Waals surface area contributed by atoms with E-state index in [1.807, 2.05) is 12.1 Å². The van der Waals surface area contributed by atoms with Crippen molar-refractivity contribution in [2.24, 2.45) is 5.92 Å². The average Bonchev–Trinajstić information content (AvgIpc) is 3.16. The molecule has 1 unspecified atom stereocenters. The normalized spacial score (nSPS) is 17.1. The second-order valence-electron chi connectivity index (χ2n) is 12.8. The summed E-state index contributed by atoms with van der Waals surface area (Å²) in [6.45, 7) is 2.41. The van der Waals surface area contributed by atoms with Gasteiger partial charge in [0.15, 0.2) is 11.5 Å². The van der Waals surface area contributed by atoms with Crippen molar-refractivity contribution in [3.63, 3.8) is 0 Å². The predicted molar refractivity (Wildman–Crippen MR) is 190 cm³/mol. The molecule has 3 amide bonds. The number of fused-ring (bicyclic) bond motifs is 5. The molecule has 1 fully saturated rings. The number of pyridine rings is 2. The van der Waals surface area contributed by atoms with Crippen LogP contribution in [-0.4, -0.2) is 98.1 Å². The number of methoxy groups -OCH3 is 3. The van der Waals surface area contributed by atoms with E-state index in [-0.39, 0.29) is 68.2 Å². The molecule has 2 aromatic carbocycles. The van der Waals surface area contributed by atoms with Gasteiger partial charge in [0.05, 0.1) is 33.3 Å². The Morgan fingerprint density at radius 3 is 2.45 bits per heavy atom. The van der Waals surface area contributed by atoms with Gasteiger partial charge in [0.1, 0.15) is 11.6 Å². The summed E-state index contributed by atoms with van der Waals surface area (Å²) in [5, 5.41) is 3.76. The SMILES string of the molecule is COc1cc2nc3c(cc2c(OC)c1OC)CN(C(=O)c1ccncc1)CCN(C(=O)Cc1ccccc1F)CCC(=O)NCC1CCCN3C1. The molecular weight excluding hydrogens is 655 g/mol. The maximum atomic E-state index is 14.6. The first-order valence-corrected chi connectivity index (χ1v) is 17.1. The molecule has 51 heavy (non-hydrogen) atoms. The van der Waals surface area contributed by atoms with E-state index in [2.05, 4.69) is 15.2 Å². The second-order valence-corrected chi connectivity index (χ2v) is 12.8. The van der Waals surface area contributed by atoms with Crippen LogP contribution in [0, 0.1) is 11.7 Å². The minimum absolute atomic E-state index is 0.0778. The fourth-order valence-corrected chi connectivity index (χ4v) is 6.87. The first kappa shape index (κ1) is 35.4. The van der Waals surface area contributed by atoms with Crippen LogP contribution in [0.2, 0.25) is 0 Å². The number of nitrogens with one attached hydrogen (secondary N) is 1. The Hall–Kier alpha value is -5.46. The summed E-state index contributed by atoms with van der Waals surface area (Å²) >= 11 is 0. The molecule has 2 bridgehead atoms. The van der Waals surface area contributed by atoms with Crippen molar-refractivity contribution in [3.05, 3.63) is 83.4 Å². The number of carbonyl (C=O) groups is 3. The summed E-state index contributed by atoms with van der Waals surface area (Å²) in [6, 6.07) is 13.2. The van der Waals surface area contributed by atoms with Gasteiger partial charge < -0.3 is 34.2 Å². The smallest absolute Gasteiger partial charge is 0.254 e. The number of carbonyl (C=O) groups excluding carboxylic acids is 3. The van der Waals surface area contributed by atoms with Gasteiger partial charge in [0.25, 0.3) is 5.91 Å². The van der Waals surface area contributed by atoms with Gasteiger partial charge in [-0.05, 0) is 48.6 Å². The number of nitrogens with zero attached hydrogens (tertiary/aromatic N) is 5. The van der Waals surface area contributed by atoms with E-state index in [0.717, 1.165) is 24.9 Å². The van der Waals surface area contributed by atoms with Crippen LogP contribution < -0.4 is 24.4 Å². The zero-order valence-electron chi connectivity index (χ0n) is 29.2. The zero-order chi connectivity index (χ0) is 35.9. The van der Waals surface area contributed by atoms with E-state index in [0.29, 0.717) is 52.6 Å². The van der Waals surface area contributed by atoms with Crippen molar-refractivity contribution < 1.29 is 33.0 Å². The van der Waals surface area contributed by atoms with Crippen LogP contribution in [-0.2, 0) is 22.6 Å². The molecule has 13 heteroatoms. The number of benzene rings is 2. The number of ether oxygens (including phenoxy) is 3. The minimum atomic E-state index is -0.474. The van der Waals surface area contributed by atoms with Gasteiger partial charge in [0, 0.05) is 87.2 Å². The van der Waals surface area contributed by atoms with Crippen molar-refractivity contribution in [3.8, 4) is 17.2 Å². The molecular formula is C38H43FN6O6. The highest BCUT2D eigenvalue weighted by Gasteiger charge is 2.29. The molecule has 0 aliphatic carbocycles. The second kappa shape index (κ2) is 16.0. The van der Waals surface area contributed by atoms with Crippen molar-refractivity contribution in [1.29, 1.82) is 0 Å². The molecule has 1 saturated heterocycles. The Bertz CT molecular complexity index is 1890. The largest absolute Gasteiger partial charge is 0.493 e. The van der Waals surface area contributed by atoms with Crippen LogP contribution >= 0.6 is 0 Å². The van der Waals surface area contributed by atoms with E-state index in [4.69, 9.17) is 19.2 Å². The summed E-state index contributed by atoms with van der Waals surface area (Å²) in [6.07, 6.45) is 4.85. The van der Waals surface area contributed by atoms with E-state index in [9.17, 15) is 18.8 Å². The number of piperidine rings is 1. The third kappa shape index (κ3) is 7.97. The first-order chi connectivity index (χ1) is 24.8. The lowest BCUT2D eigenvalue weighted by atomic mass is 9.97. The topological polar surface area (TPSA) is 126 Å². The number of aromatic nitrogens is 2. The Labute approximate surface area is 296 Å². The lowest BCUT2D eigenvalue weighted by Crippen LogP contribution is -2.43. The molecule has 6 rings (SSSR count). The molecule has 1 N–H and O–H groups in total. The Morgan fingerprint density at radius 2 is 1.71 bits per heavy atom. The van der Waals surface area contributed by atoms with E-state index in [1.165, 1.54) is 6.07 Å². The monoisotopic (exact) mass is 698 g/mol. The quantitative estimate of drug-likeness (QED) is 0.315. The van der Waals surface area contributed by atoms with E-state index in [1.54, 1.807) is 73.9 Å². The van der Waals surface area contributed by atoms with Gasteiger partial charge in [-0.2, -0.15) is 0 Å². The zero-order valence-corrected chi connectivity index (χ0v) is 29.2. The summed E-state index contributed by atoms with van der Waals surface area (Å²) in [7, 11) is 4.66.